The van der Waals surface area contributed by atoms with E-state index in [4.69, 9.17) is 5.14 Å². The number of anilines is 1. The van der Waals surface area contributed by atoms with E-state index in [0.29, 0.717) is 0 Å². The maximum atomic E-state index is 11.2. The molecule has 108 valence electrons. The molecule has 1 unspecified atom stereocenters. The molecular formula is C14H18N2O2S2. The van der Waals surface area contributed by atoms with Crippen LogP contribution in [0.25, 0.3) is 0 Å². The lowest BCUT2D eigenvalue weighted by molar-refractivity contribution is 0.598. The van der Waals surface area contributed by atoms with E-state index in [2.05, 4.69) is 32.2 Å². The van der Waals surface area contributed by atoms with Crippen LogP contribution < -0.4 is 10.5 Å². The van der Waals surface area contributed by atoms with Crippen LogP contribution in [0.3, 0.4) is 0 Å². The molecule has 0 spiro atoms. The van der Waals surface area contributed by atoms with Crippen molar-refractivity contribution >= 4 is 27.0 Å². The topological polar surface area (TPSA) is 72.2 Å². The Hall–Kier alpha value is -1.37. The summed E-state index contributed by atoms with van der Waals surface area (Å²) in [6.07, 6.45) is 0. The number of primary sulfonamides is 1. The van der Waals surface area contributed by atoms with E-state index >= 15 is 0 Å². The second-order valence-corrected chi connectivity index (χ2v) is 7.83. The molecule has 6 heteroatoms. The fourth-order valence-corrected chi connectivity index (χ4v) is 3.69. The molecule has 1 atom stereocenters. The summed E-state index contributed by atoms with van der Waals surface area (Å²) in [4.78, 5) is 2.71. The van der Waals surface area contributed by atoms with Gasteiger partial charge in [-0.3, -0.25) is 0 Å². The van der Waals surface area contributed by atoms with Crippen molar-refractivity contribution in [2.45, 2.75) is 31.7 Å². The van der Waals surface area contributed by atoms with Gasteiger partial charge in [-0.15, -0.1) is 11.3 Å². The van der Waals surface area contributed by atoms with Gasteiger partial charge in [-0.1, -0.05) is 0 Å². The van der Waals surface area contributed by atoms with Gasteiger partial charge in [-0.25, -0.2) is 13.6 Å². The van der Waals surface area contributed by atoms with Crippen molar-refractivity contribution in [1.29, 1.82) is 0 Å². The molecule has 3 N–H and O–H groups in total. The predicted molar refractivity (Wildman–Crippen MR) is 83.6 cm³/mol. The summed E-state index contributed by atoms with van der Waals surface area (Å²) in [6, 6.07) is 8.82. The van der Waals surface area contributed by atoms with Gasteiger partial charge in [0.15, 0.2) is 0 Å². The largest absolute Gasteiger partial charge is 0.378 e. The minimum absolute atomic E-state index is 0.123. The third-order valence-corrected chi connectivity index (χ3v) is 5.02. The normalized spacial score (nSPS) is 13.2. The summed E-state index contributed by atoms with van der Waals surface area (Å²) in [5, 5.41) is 8.44. The first-order valence-electron chi connectivity index (χ1n) is 6.23. The summed E-state index contributed by atoms with van der Waals surface area (Å²) >= 11 is 1.78. The zero-order valence-electron chi connectivity index (χ0n) is 11.7. The van der Waals surface area contributed by atoms with Crippen molar-refractivity contribution in [3.8, 4) is 0 Å². The SMILES string of the molecule is Cc1cc(C(C)Nc2ccc(S(N)(=O)=O)cc2)c(C)s1. The van der Waals surface area contributed by atoms with Gasteiger partial charge in [0, 0.05) is 21.5 Å². The van der Waals surface area contributed by atoms with Crippen LogP contribution >= 0.6 is 11.3 Å². The summed E-state index contributed by atoms with van der Waals surface area (Å²) in [5.41, 5.74) is 2.14. The van der Waals surface area contributed by atoms with Crippen LogP contribution in [-0.4, -0.2) is 8.42 Å². The zero-order valence-corrected chi connectivity index (χ0v) is 13.3. The highest BCUT2D eigenvalue weighted by molar-refractivity contribution is 7.89. The second kappa shape index (κ2) is 5.55. The van der Waals surface area contributed by atoms with E-state index in [1.165, 1.54) is 27.5 Å². The van der Waals surface area contributed by atoms with E-state index in [0.717, 1.165) is 5.69 Å². The third-order valence-electron chi connectivity index (χ3n) is 3.11. The Bertz CT molecular complexity index is 703. The molecule has 1 aromatic heterocycles. The van der Waals surface area contributed by atoms with Gasteiger partial charge in [0.1, 0.15) is 0 Å². The second-order valence-electron chi connectivity index (χ2n) is 4.80. The van der Waals surface area contributed by atoms with E-state index in [9.17, 15) is 8.42 Å². The molecule has 0 saturated carbocycles. The highest BCUT2D eigenvalue weighted by Gasteiger charge is 2.12. The van der Waals surface area contributed by atoms with Gasteiger partial charge in [0.25, 0.3) is 0 Å². The minimum Gasteiger partial charge on any atom is -0.378 e. The van der Waals surface area contributed by atoms with Crippen LogP contribution in [0.1, 0.15) is 28.3 Å². The first-order valence-corrected chi connectivity index (χ1v) is 8.60. The number of sulfonamides is 1. The van der Waals surface area contributed by atoms with Gasteiger partial charge in [0.2, 0.25) is 10.0 Å². The molecule has 0 aliphatic carbocycles. The first kappa shape index (κ1) is 15.0. The molecule has 0 fully saturated rings. The summed E-state index contributed by atoms with van der Waals surface area (Å²) in [7, 11) is -3.63. The molecule has 1 aromatic carbocycles. The molecule has 0 aliphatic heterocycles. The average molecular weight is 310 g/mol. The van der Waals surface area contributed by atoms with E-state index in [1.54, 1.807) is 23.5 Å². The smallest absolute Gasteiger partial charge is 0.238 e. The quantitative estimate of drug-likeness (QED) is 0.911. The van der Waals surface area contributed by atoms with Crippen molar-refractivity contribution < 1.29 is 8.42 Å². The number of hydrogen-bond donors (Lipinski definition) is 2. The number of nitrogens with two attached hydrogens (primary N) is 1. The molecule has 20 heavy (non-hydrogen) atoms. The van der Waals surface area contributed by atoms with Crippen molar-refractivity contribution in [3.63, 3.8) is 0 Å². The van der Waals surface area contributed by atoms with Gasteiger partial charge in [-0.05, 0) is 56.7 Å². The Labute approximate surface area is 123 Å². The molecule has 0 aliphatic rings. The molecule has 0 saturated heterocycles. The fourth-order valence-electron chi connectivity index (χ4n) is 2.15. The zero-order chi connectivity index (χ0) is 14.9. The Kier molecular flexibility index (Phi) is 4.17. The lowest BCUT2D eigenvalue weighted by Crippen LogP contribution is -2.12. The highest BCUT2D eigenvalue weighted by Crippen LogP contribution is 2.28. The van der Waals surface area contributed by atoms with Crippen molar-refractivity contribution in [1.82, 2.24) is 0 Å². The predicted octanol–water partition coefficient (Wildman–Crippen LogP) is 3.19. The van der Waals surface area contributed by atoms with Crippen molar-refractivity contribution in [2.75, 3.05) is 5.32 Å². The Morgan fingerprint density at radius 1 is 1.20 bits per heavy atom. The van der Waals surface area contributed by atoms with Gasteiger partial charge >= 0.3 is 0 Å². The minimum atomic E-state index is -3.63. The van der Waals surface area contributed by atoms with Crippen LogP contribution in [0.15, 0.2) is 35.2 Å². The van der Waals surface area contributed by atoms with E-state index in [1.807, 2.05) is 0 Å². The van der Waals surface area contributed by atoms with Crippen LogP contribution in [-0.2, 0) is 10.0 Å². The van der Waals surface area contributed by atoms with Crippen LogP contribution in [0.4, 0.5) is 5.69 Å². The van der Waals surface area contributed by atoms with Crippen molar-refractivity contribution in [3.05, 3.63) is 45.6 Å². The number of thiophene rings is 1. The van der Waals surface area contributed by atoms with E-state index < -0.39 is 10.0 Å². The lowest BCUT2D eigenvalue weighted by atomic mass is 10.1. The Morgan fingerprint density at radius 3 is 2.25 bits per heavy atom. The molecule has 0 bridgehead atoms. The molecule has 2 aromatic rings. The molecular weight excluding hydrogens is 292 g/mol. The molecule has 0 amide bonds. The molecule has 0 radical (unpaired) electrons. The standard InChI is InChI=1S/C14H18N2O2S2/c1-9-8-14(11(3)19-9)10(2)16-12-4-6-13(7-5-12)20(15,17)18/h4-8,10,16H,1-3H3,(H2,15,17,18). The monoisotopic (exact) mass is 310 g/mol. The number of aryl methyl sites for hydroxylation is 2. The van der Waals surface area contributed by atoms with Gasteiger partial charge in [0.05, 0.1) is 4.90 Å². The number of rotatable bonds is 4. The molecule has 4 nitrogen and oxygen atoms in total. The Morgan fingerprint density at radius 2 is 1.80 bits per heavy atom. The van der Waals surface area contributed by atoms with Gasteiger partial charge < -0.3 is 5.32 Å². The van der Waals surface area contributed by atoms with Crippen LogP contribution in [0.5, 0.6) is 0 Å². The number of benzene rings is 1. The third kappa shape index (κ3) is 3.39. The van der Waals surface area contributed by atoms with Gasteiger partial charge in [-0.2, -0.15) is 0 Å². The lowest BCUT2D eigenvalue weighted by Gasteiger charge is -2.15. The molecule has 1 heterocycles. The van der Waals surface area contributed by atoms with Crippen LogP contribution in [0, 0.1) is 13.8 Å². The highest BCUT2D eigenvalue weighted by atomic mass is 32.2. The fraction of sp³-hybridized carbons (Fsp3) is 0.286. The summed E-state index contributed by atoms with van der Waals surface area (Å²) in [5.74, 6) is 0. The number of hydrogen-bond acceptors (Lipinski definition) is 4. The maximum Gasteiger partial charge on any atom is 0.238 e. The Balaban J connectivity index is 2.16. The maximum absolute atomic E-state index is 11.2. The number of nitrogens with one attached hydrogen (secondary N) is 1. The van der Waals surface area contributed by atoms with Crippen LogP contribution in [0.2, 0.25) is 0 Å². The first-order chi connectivity index (χ1) is 9.27. The summed E-state index contributed by atoms with van der Waals surface area (Å²) < 4.78 is 22.4. The summed E-state index contributed by atoms with van der Waals surface area (Å²) in [6.45, 7) is 6.28. The van der Waals surface area contributed by atoms with E-state index in [-0.39, 0.29) is 10.9 Å². The average Bonchev–Trinajstić information content (AvgIpc) is 2.68. The van der Waals surface area contributed by atoms with Crippen molar-refractivity contribution in [2.24, 2.45) is 5.14 Å². The molecule has 2 rings (SSSR count).